The highest BCUT2D eigenvalue weighted by atomic mass is 35.5. The van der Waals surface area contributed by atoms with Gasteiger partial charge in [0.05, 0.1) is 23.0 Å². The minimum Gasteiger partial charge on any atom is -0.444 e. The van der Waals surface area contributed by atoms with E-state index in [1.54, 1.807) is 23.0 Å². The number of β-amino-alcohol motifs (C(OH)–C–C–N with tert-alkyl or cyclic N) is 1. The number of aliphatic hydroxyl groups excluding tert-OH is 1. The van der Waals surface area contributed by atoms with E-state index in [1.807, 2.05) is 25.4 Å². The van der Waals surface area contributed by atoms with Crippen LogP contribution in [0, 0.1) is 0 Å². The first-order valence-corrected chi connectivity index (χ1v) is 10.4. The number of carbonyl (C=O) groups is 1. The van der Waals surface area contributed by atoms with Crippen LogP contribution in [0.2, 0.25) is 0 Å². The van der Waals surface area contributed by atoms with Crippen LogP contribution in [0.15, 0.2) is 47.3 Å². The third kappa shape index (κ3) is 4.62. The van der Waals surface area contributed by atoms with Gasteiger partial charge in [-0.15, -0.1) is 12.4 Å². The summed E-state index contributed by atoms with van der Waals surface area (Å²) in [7, 11) is 1.85. The number of oxazole rings is 1. The summed E-state index contributed by atoms with van der Waals surface area (Å²) < 4.78 is 7.22. The Morgan fingerprint density at radius 3 is 2.97 bits per heavy atom. The molecule has 1 saturated heterocycles. The average Bonchev–Trinajstić information content (AvgIpc) is 3.39. The number of anilines is 3. The molecule has 0 radical (unpaired) electrons. The summed E-state index contributed by atoms with van der Waals surface area (Å²) in [6.45, 7) is 1.29. The van der Waals surface area contributed by atoms with E-state index >= 15 is 0 Å². The molecule has 172 valence electrons. The Morgan fingerprint density at radius 2 is 2.18 bits per heavy atom. The predicted octanol–water partition coefficient (Wildman–Crippen LogP) is 2.84. The summed E-state index contributed by atoms with van der Waals surface area (Å²) >= 11 is 0. The van der Waals surface area contributed by atoms with Crippen molar-refractivity contribution < 1.29 is 14.3 Å². The molecule has 1 aliphatic heterocycles. The number of rotatable bonds is 4. The average molecular weight is 470 g/mol. The number of aromatic nitrogens is 4. The van der Waals surface area contributed by atoms with Crippen molar-refractivity contribution in [3.8, 4) is 11.5 Å². The summed E-state index contributed by atoms with van der Waals surface area (Å²) in [5.41, 5.74) is 8.76. The minimum atomic E-state index is -0.405. The minimum absolute atomic E-state index is 0. The lowest BCUT2D eigenvalue weighted by molar-refractivity contribution is 0.102. The fraction of sp³-hybridized carbons (Fsp3) is 0.273. The number of fused-ring (bicyclic) bond motifs is 1. The number of nitrogens with two attached hydrogens (primary N) is 1. The normalized spacial score (nSPS) is 15.9. The highest BCUT2D eigenvalue weighted by Crippen LogP contribution is 2.33. The highest BCUT2D eigenvalue weighted by molar-refractivity contribution is 6.06. The second-order valence-corrected chi connectivity index (χ2v) is 7.93. The number of benzene rings is 1. The van der Waals surface area contributed by atoms with Gasteiger partial charge in [0.15, 0.2) is 5.69 Å². The van der Waals surface area contributed by atoms with Crippen LogP contribution in [0.1, 0.15) is 23.3 Å². The van der Waals surface area contributed by atoms with Crippen LogP contribution in [0.4, 0.5) is 17.2 Å². The quantitative estimate of drug-likeness (QED) is 0.415. The molecule has 4 heterocycles. The molecule has 5 rings (SSSR count). The van der Waals surface area contributed by atoms with Gasteiger partial charge < -0.3 is 25.5 Å². The predicted molar refractivity (Wildman–Crippen MR) is 128 cm³/mol. The van der Waals surface area contributed by atoms with Crippen LogP contribution in [0.3, 0.4) is 0 Å². The van der Waals surface area contributed by atoms with E-state index in [-0.39, 0.29) is 24.0 Å². The molecule has 0 bridgehead atoms. The third-order valence-electron chi connectivity index (χ3n) is 5.49. The molecule has 4 aromatic rings. The van der Waals surface area contributed by atoms with Crippen molar-refractivity contribution in [2.75, 3.05) is 29.0 Å². The van der Waals surface area contributed by atoms with E-state index in [1.165, 1.54) is 6.26 Å². The zero-order chi connectivity index (χ0) is 22.2. The molecule has 33 heavy (non-hydrogen) atoms. The lowest BCUT2D eigenvalue weighted by Crippen LogP contribution is -2.38. The lowest BCUT2D eigenvalue weighted by Gasteiger charge is -2.33. The maximum absolute atomic E-state index is 13.0. The number of nitrogens with one attached hydrogen (secondary N) is 1. The van der Waals surface area contributed by atoms with E-state index in [4.69, 9.17) is 10.2 Å². The number of hydrogen-bond acceptors (Lipinski definition) is 8. The molecule has 0 spiro atoms. The number of carbonyl (C=O) groups excluding carboxylic acids is 1. The standard InChI is InChI=1S/C22H23N7O3.ClH/c1-28-10-14-7-17(19(9-16(14)27-28)29-6-2-3-15(30)11-29)25-21(31)18-12-32-22(26-18)13-4-5-24-20(23)8-13;/h4-5,7-10,12,15,30H,2-3,6,11H2,1H3,(H2,23,24)(H,25,31);1H. The molecule has 1 aliphatic rings. The Hall–Kier alpha value is -3.63. The van der Waals surface area contributed by atoms with E-state index in [9.17, 15) is 9.90 Å². The zero-order valence-electron chi connectivity index (χ0n) is 17.9. The monoisotopic (exact) mass is 469 g/mol. The van der Waals surface area contributed by atoms with E-state index in [0.29, 0.717) is 23.6 Å². The van der Waals surface area contributed by atoms with Crippen molar-refractivity contribution in [3.63, 3.8) is 0 Å². The molecule has 1 fully saturated rings. The Morgan fingerprint density at radius 1 is 1.33 bits per heavy atom. The van der Waals surface area contributed by atoms with Crippen molar-refractivity contribution in [2.45, 2.75) is 18.9 Å². The van der Waals surface area contributed by atoms with Crippen LogP contribution in [-0.4, -0.2) is 50.0 Å². The number of nitrogen functional groups attached to an aromatic ring is 1. The SMILES string of the molecule is Cl.Cn1cc2cc(NC(=O)c3coc(-c4ccnc(N)c4)n3)c(N3CCCC(O)C3)cc2n1. The number of aryl methyl sites for hydroxylation is 1. The summed E-state index contributed by atoms with van der Waals surface area (Å²) in [5, 5.41) is 18.5. The van der Waals surface area contributed by atoms with Crippen molar-refractivity contribution >= 4 is 46.4 Å². The Bertz CT molecular complexity index is 1300. The molecule has 1 amide bonds. The molecule has 1 aromatic carbocycles. The van der Waals surface area contributed by atoms with Gasteiger partial charge >= 0.3 is 0 Å². The summed E-state index contributed by atoms with van der Waals surface area (Å²) in [6, 6.07) is 7.17. The molecular weight excluding hydrogens is 446 g/mol. The number of hydrogen-bond donors (Lipinski definition) is 3. The number of aliphatic hydroxyl groups is 1. The number of piperidine rings is 1. The second-order valence-electron chi connectivity index (χ2n) is 7.93. The fourth-order valence-corrected chi connectivity index (χ4v) is 4.00. The van der Waals surface area contributed by atoms with Crippen LogP contribution < -0.4 is 16.0 Å². The van der Waals surface area contributed by atoms with Gasteiger partial charge in [-0.3, -0.25) is 9.48 Å². The first kappa shape index (κ1) is 22.6. The maximum atomic E-state index is 13.0. The van der Waals surface area contributed by atoms with Gasteiger partial charge in [-0.05, 0) is 37.1 Å². The third-order valence-corrected chi connectivity index (χ3v) is 5.49. The van der Waals surface area contributed by atoms with Gasteiger partial charge in [0.2, 0.25) is 5.89 Å². The Balaban J connectivity index is 0.00000259. The molecule has 3 aromatic heterocycles. The fourth-order valence-electron chi connectivity index (χ4n) is 4.00. The van der Waals surface area contributed by atoms with Crippen LogP contribution in [0.5, 0.6) is 0 Å². The van der Waals surface area contributed by atoms with Crippen LogP contribution >= 0.6 is 12.4 Å². The van der Waals surface area contributed by atoms with Gasteiger partial charge in [0.1, 0.15) is 12.1 Å². The zero-order valence-corrected chi connectivity index (χ0v) is 18.7. The Kier molecular flexibility index (Phi) is 6.21. The van der Waals surface area contributed by atoms with E-state index in [0.717, 1.165) is 36.0 Å². The van der Waals surface area contributed by atoms with Crippen molar-refractivity contribution in [1.82, 2.24) is 19.7 Å². The summed E-state index contributed by atoms with van der Waals surface area (Å²) in [5.74, 6) is 0.222. The topological polar surface area (TPSA) is 135 Å². The number of halogens is 1. The molecule has 0 aliphatic carbocycles. The smallest absolute Gasteiger partial charge is 0.277 e. The highest BCUT2D eigenvalue weighted by Gasteiger charge is 2.23. The van der Waals surface area contributed by atoms with E-state index in [2.05, 4.69) is 25.3 Å². The molecule has 1 atom stereocenters. The van der Waals surface area contributed by atoms with Crippen LogP contribution in [0.25, 0.3) is 22.4 Å². The number of nitrogens with zero attached hydrogens (tertiary/aromatic N) is 5. The Labute approximate surface area is 195 Å². The maximum Gasteiger partial charge on any atom is 0.277 e. The molecule has 10 nitrogen and oxygen atoms in total. The molecule has 4 N–H and O–H groups in total. The first-order chi connectivity index (χ1) is 15.5. The number of amides is 1. The largest absolute Gasteiger partial charge is 0.444 e. The van der Waals surface area contributed by atoms with Crippen molar-refractivity contribution in [1.29, 1.82) is 0 Å². The van der Waals surface area contributed by atoms with Gasteiger partial charge in [-0.1, -0.05) is 0 Å². The van der Waals surface area contributed by atoms with Crippen molar-refractivity contribution in [2.24, 2.45) is 7.05 Å². The second kappa shape index (κ2) is 9.08. The number of pyridine rings is 1. The lowest BCUT2D eigenvalue weighted by atomic mass is 10.1. The molecule has 11 heteroatoms. The first-order valence-electron chi connectivity index (χ1n) is 10.4. The van der Waals surface area contributed by atoms with Crippen molar-refractivity contribution in [3.05, 3.63) is 48.6 Å². The van der Waals surface area contributed by atoms with Gasteiger partial charge in [-0.2, -0.15) is 5.10 Å². The molecule has 0 saturated carbocycles. The summed E-state index contributed by atoms with van der Waals surface area (Å²) in [6.07, 6.45) is 5.99. The molecule has 1 unspecified atom stereocenters. The van der Waals surface area contributed by atoms with Gasteiger partial charge in [-0.25, -0.2) is 9.97 Å². The summed E-state index contributed by atoms with van der Waals surface area (Å²) in [4.78, 5) is 23.3. The van der Waals surface area contributed by atoms with E-state index < -0.39 is 12.0 Å². The van der Waals surface area contributed by atoms with Gasteiger partial charge in [0, 0.05) is 43.5 Å². The molecular formula is C22H24ClN7O3. The van der Waals surface area contributed by atoms with Gasteiger partial charge in [0.25, 0.3) is 5.91 Å². The van der Waals surface area contributed by atoms with Crippen LogP contribution in [-0.2, 0) is 7.05 Å².